The van der Waals surface area contributed by atoms with E-state index in [0.717, 1.165) is 16.5 Å². The molecule has 0 spiro atoms. The number of hydrogen-bond acceptors (Lipinski definition) is 6. The number of nitrogens with zero attached hydrogens (tertiary/aromatic N) is 3. The van der Waals surface area contributed by atoms with Gasteiger partial charge in [0, 0.05) is 16.6 Å². The summed E-state index contributed by atoms with van der Waals surface area (Å²) in [5, 5.41) is 4.03. The maximum Gasteiger partial charge on any atom is 0.245 e. The molecule has 1 fully saturated rings. The normalized spacial score (nSPS) is 17.7. The first-order chi connectivity index (χ1) is 13.5. The van der Waals surface area contributed by atoms with Gasteiger partial charge in [0.05, 0.1) is 12.0 Å². The second kappa shape index (κ2) is 7.65. The molecule has 4 rings (SSSR count). The Hall–Kier alpha value is -2.23. The first-order valence-corrected chi connectivity index (χ1v) is 11.0. The number of ether oxygens (including phenoxy) is 1. The Balaban J connectivity index is 1.62. The summed E-state index contributed by atoms with van der Waals surface area (Å²) in [5.41, 5.74) is 0.806. The molecule has 9 heteroatoms. The van der Waals surface area contributed by atoms with Gasteiger partial charge in [-0.3, -0.25) is 0 Å². The van der Waals surface area contributed by atoms with Crippen LogP contribution in [-0.2, 0) is 10.0 Å². The molecule has 1 aromatic heterocycles. The summed E-state index contributed by atoms with van der Waals surface area (Å²) in [6.45, 7) is 0.412. The van der Waals surface area contributed by atoms with E-state index in [2.05, 4.69) is 26.1 Å². The zero-order chi connectivity index (χ0) is 19.7. The molecule has 1 unspecified atom stereocenters. The molecule has 0 amide bonds. The van der Waals surface area contributed by atoms with Crippen molar-refractivity contribution in [3.05, 3.63) is 58.9 Å². The first-order valence-electron chi connectivity index (χ1n) is 8.74. The van der Waals surface area contributed by atoms with Crippen LogP contribution in [-0.4, -0.2) is 36.5 Å². The highest BCUT2D eigenvalue weighted by atomic mass is 79.9. The van der Waals surface area contributed by atoms with Crippen LogP contribution < -0.4 is 4.74 Å². The van der Waals surface area contributed by atoms with Gasteiger partial charge in [0.2, 0.25) is 21.7 Å². The fourth-order valence-corrected chi connectivity index (χ4v) is 5.16. The highest BCUT2D eigenvalue weighted by molar-refractivity contribution is 9.10. The molecule has 1 aliphatic rings. The minimum Gasteiger partial charge on any atom is -0.497 e. The number of methoxy groups -OCH3 is 1. The van der Waals surface area contributed by atoms with Crippen LogP contribution in [0.4, 0.5) is 0 Å². The maximum absolute atomic E-state index is 13.1. The van der Waals surface area contributed by atoms with E-state index in [-0.39, 0.29) is 4.90 Å². The van der Waals surface area contributed by atoms with Gasteiger partial charge in [0.25, 0.3) is 0 Å². The SMILES string of the molecule is COc1ccc(S(=O)(=O)N2CCCC2c2nc(-c3ccc(Br)cc3)no2)cc1. The molecular weight excluding hydrogens is 446 g/mol. The van der Waals surface area contributed by atoms with Crippen molar-refractivity contribution in [2.45, 2.75) is 23.8 Å². The Morgan fingerprint density at radius 1 is 1.14 bits per heavy atom. The number of rotatable bonds is 5. The second-order valence-electron chi connectivity index (χ2n) is 6.41. The van der Waals surface area contributed by atoms with Crippen LogP contribution in [0, 0.1) is 0 Å². The summed E-state index contributed by atoms with van der Waals surface area (Å²) in [7, 11) is -2.14. The predicted octanol–water partition coefficient (Wildman–Crippen LogP) is 4.03. The van der Waals surface area contributed by atoms with Crippen molar-refractivity contribution < 1.29 is 17.7 Å². The van der Waals surface area contributed by atoms with Crippen molar-refractivity contribution in [1.82, 2.24) is 14.4 Å². The lowest BCUT2D eigenvalue weighted by molar-refractivity contribution is 0.290. The van der Waals surface area contributed by atoms with E-state index in [0.29, 0.717) is 30.4 Å². The quantitative estimate of drug-likeness (QED) is 0.567. The third-order valence-electron chi connectivity index (χ3n) is 4.70. The first kappa shape index (κ1) is 19.1. The molecule has 28 heavy (non-hydrogen) atoms. The van der Waals surface area contributed by atoms with Gasteiger partial charge in [-0.1, -0.05) is 21.1 Å². The average Bonchev–Trinajstić information content (AvgIpc) is 3.38. The molecule has 2 aromatic carbocycles. The van der Waals surface area contributed by atoms with Gasteiger partial charge >= 0.3 is 0 Å². The molecular formula is C19H18BrN3O4S. The molecule has 0 saturated carbocycles. The third-order valence-corrected chi connectivity index (χ3v) is 7.15. The van der Waals surface area contributed by atoms with Crippen LogP contribution in [0.2, 0.25) is 0 Å². The largest absolute Gasteiger partial charge is 0.497 e. The van der Waals surface area contributed by atoms with E-state index < -0.39 is 16.1 Å². The van der Waals surface area contributed by atoms with Crippen molar-refractivity contribution in [1.29, 1.82) is 0 Å². The zero-order valence-corrected chi connectivity index (χ0v) is 17.5. The maximum atomic E-state index is 13.1. The standard InChI is InChI=1S/C19H18BrN3O4S/c1-26-15-8-10-16(11-9-15)28(24,25)23-12-2-3-17(23)19-21-18(22-27-19)13-4-6-14(20)7-5-13/h4-11,17H,2-3,12H2,1H3. The van der Waals surface area contributed by atoms with Crippen LogP contribution in [0.25, 0.3) is 11.4 Å². The van der Waals surface area contributed by atoms with Gasteiger partial charge in [-0.15, -0.1) is 0 Å². The fourth-order valence-electron chi connectivity index (χ4n) is 3.24. The van der Waals surface area contributed by atoms with Gasteiger partial charge in [-0.05, 0) is 61.4 Å². The average molecular weight is 464 g/mol. The van der Waals surface area contributed by atoms with Crippen molar-refractivity contribution in [3.8, 4) is 17.1 Å². The van der Waals surface area contributed by atoms with Crippen LogP contribution in [0.1, 0.15) is 24.8 Å². The summed E-state index contributed by atoms with van der Waals surface area (Å²) in [6.07, 6.45) is 1.37. The van der Waals surface area contributed by atoms with E-state index in [1.54, 1.807) is 31.4 Å². The van der Waals surface area contributed by atoms with Crippen LogP contribution in [0.15, 0.2) is 62.4 Å². The molecule has 7 nitrogen and oxygen atoms in total. The minimum absolute atomic E-state index is 0.216. The molecule has 1 saturated heterocycles. The van der Waals surface area contributed by atoms with Gasteiger partial charge in [-0.2, -0.15) is 9.29 Å². The van der Waals surface area contributed by atoms with Crippen molar-refractivity contribution in [2.75, 3.05) is 13.7 Å². The highest BCUT2D eigenvalue weighted by Gasteiger charge is 2.39. The molecule has 1 atom stereocenters. The van der Waals surface area contributed by atoms with Crippen molar-refractivity contribution in [2.24, 2.45) is 0 Å². The van der Waals surface area contributed by atoms with Gasteiger partial charge in [-0.25, -0.2) is 8.42 Å². The third kappa shape index (κ3) is 3.57. The molecule has 0 aliphatic carbocycles. The molecule has 3 aromatic rings. The number of halogens is 1. The smallest absolute Gasteiger partial charge is 0.245 e. The van der Waals surface area contributed by atoms with Crippen LogP contribution >= 0.6 is 15.9 Å². The molecule has 0 bridgehead atoms. The zero-order valence-electron chi connectivity index (χ0n) is 15.1. The highest BCUT2D eigenvalue weighted by Crippen LogP contribution is 2.36. The van der Waals surface area contributed by atoms with E-state index in [1.807, 2.05) is 24.3 Å². The van der Waals surface area contributed by atoms with Gasteiger partial charge in [0.1, 0.15) is 11.8 Å². The minimum atomic E-state index is -3.68. The summed E-state index contributed by atoms with van der Waals surface area (Å²) in [6, 6.07) is 13.4. The van der Waals surface area contributed by atoms with Gasteiger partial charge in [0.15, 0.2) is 0 Å². The van der Waals surface area contributed by atoms with Crippen LogP contribution in [0.3, 0.4) is 0 Å². The van der Waals surface area contributed by atoms with E-state index in [4.69, 9.17) is 9.26 Å². The Bertz CT molecular complexity index is 1070. The number of aromatic nitrogens is 2. The molecule has 0 radical (unpaired) electrons. The van der Waals surface area contributed by atoms with E-state index >= 15 is 0 Å². The lowest BCUT2D eigenvalue weighted by Gasteiger charge is -2.21. The Morgan fingerprint density at radius 2 is 1.86 bits per heavy atom. The summed E-state index contributed by atoms with van der Waals surface area (Å²) in [5.74, 6) is 1.36. The number of sulfonamides is 1. The second-order valence-corrected chi connectivity index (χ2v) is 9.22. The number of benzene rings is 2. The molecule has 2 heterocycles. The monoisotopic (exact) mass is 463 g/mol. The molecule has 0 N–H and O–H groups in total. The van der Waals surface area contributed by atoms with Crippen molar-refractivity contribution in [3.63, 3.8) is 0 Å². The van der Waals surface area contributed by atoms with Crippen LogP contribution in [0.5, 0.6) is 5.75 Å². The number of hydrogen-bond donors (Lipinski definition) is 0. The summed E-state index contributed by atoms with van der Waals surface area (Å²) in [4.78, 5) is 4.67. The predicted molar refractivity (Wildman–Crippen MR) is 106 cm³/mol. The molecule has 146 valence electrons. The lowest BCUT2D eigenvalue weighted by Crippen LogP contribution is -2.30. The fraction of sp³-hybridized carbons (Fsp3) is 0.263. The van der Waals surface area contributed by atoms with Crippen molar-refractivity contribution >= 4 is 26.0 Å². The van der Waals surface area contributed by atoms with E-state index in [1.165, 1.54) is 4.31 Å². The van der Waals surface area contributed by atoms with Gasteiger partial charge < -0.3 is 9.26 Å². The Kier molecular flexibility index (Phi) is 5.22. The summed E-state index contributed by atoms with van der Waals surface area (Å²) >= 11 is 3.39. The van der Waals surface area contributed by atoms with E-state index in [9.17, 15) is 8.42 Å². The molecule has 1 aliphatic heterocycles. The Labute approximate surface area is 171 Å². The Morgan fingerprint density at radius 3 is 2.54 bits per heavy atom. The lowest BCUT2D eigenvalue weighted by atomic mass is 10.2. The summed E-state index contributed by atoms with van der Waals surface area (Å²) < 4.78 is 39.2. The topological polar surface area (TPSA) is 85.5 Å².